The normalized spacial score (nSPS) is 25.9. The maximum Gasteiger partial charge on any atom is 0.236 e. The van der Waals surface area contributed by atoms with Gasteiger partial charge in [-0.2, -0.15) is 12.6 Å². The minimum absolute atomic E-state index is 0.0969. The predicted octanol–water partition coefficient (Wildman–Crippen LogP) is 0.616. The molecule has 16 heavy (non-hydrogen) atoms. The number of carbonyl (C=O) groups is 1. The molecule has 0 unspecified atom stereocenters. The monoisotopic (exact) mass is 238 g/mol. The Hall–Kier alpha value is -0.660. The van der Waals surface area contributed by atoms with Crippen LogP contribution in [0.3, 0.4) is 0 Å². The summed E-state index contributed by atoms with van der Waals surface area (Å²) in [6.45, 7) is 4.59. The lowest BCUT2D eigenvalue weighted by Gasteiger charge is -2.12. The standard InChI is InChI=1S/C12H18N2OS/c15-12-11(16)5-10-14(12)9-4-3-8-13-6-1-2-7-13/h11,16H,1-2,5-10H2/t11-/m0/s1. The molecule has 0 aliphatic carbocycles. The molecule has 0 saturated carbocycles. The molecule has 4 heteroatoms. The number of likely N-dealkylation sites (tertiary alicyclic amines) is 2. The molecule has 0 spiro atoms. The molecule has 0 N–H and O–H groups in total. The highest BCUT2D eigenvalue weighted by Gasteiger charge is 2.27. The number of nitrogens with zero attached hydrogens (tertiary/aromatic N) is 2. The van der Waals surface area contributed by atoms with Crippen molar-refractivity contribution in [2.75, 3.05) is 32.7 Å². The van der Waals surface area contributed by atoms with Gasteiger partial charge in [0.1, 0.15) is 0 Å². The van der Waals surface area contributed by atoms with Crippen molar-refractivity contribution < 1.29 is 4.79 Å². The number of carbonyl (C=O) groups excluding carboxylic acids is 1. The van der Waals surface area contributed by atoms with Crippen LogP contribution in [-0.4, -0.2) is 53.7 Å². The van der Waals surface area contributed by atoms with Gasteiger partial charge >= 0.3 is 0 Å². The Morgan fingerprint density at radius 2 is 1.88 bits per heavy atom. The summed E-state index contributed by atoms with van der Waals surface area (Å²) in [5.74, 6) is 6.37. The zero-order valence-electron chi connectivity index (χ0n) is 9.48. The quantitative estimate of drug-likeness (QED) is 0.563. The van der Waals surface area contributed by atoms with Crippen LogP contribution in [0.1, 0.15) is 19.3 Å². The van der Waals surface area contributed by atoms with Gasteiger partial charge in [0, 0.05) is 6.54 Å². The smallest absolute Gasteiger partial charge is 0.236 e. The van der Waals surface area contributed by atoms with E-state index in [2.05, 4.69) is 29.4 Å². The summed E-state index contributed by atoms with van der Waals surface area (Å²) in [6.07, 6.45) is 3.46. The summed E-state index contributed by atoms with van der Waals surface area (Å²) < 4.78 is 0. The number of hydrogen-bond acceptors (Lipinski definition) is 3. The highest BCUT2D eigenvalue weighted by molar-refractivity contribution is 7.81. The van der Waals surface area contributed by atoms with E-state index in [4.69, 9.17) is 0 Å². The molecule has 2 rings (SSSR count). The average Bonchev–Trinajstić information content (AvgIpc) is 2.88. The van der Waals surface area contributed by atoms with E-state index >= 15 is 0 Å². The van der Waals surface area contributed by atoms with Crippen LogP contribution in [0.25, 0.3) is 0 Å². The first-order valence-electron chi connectivity index (χ1n) is 5.92. The molecule has 1 amide bonds. The summed E-state index contributed by atoms with van der Waals surface area (Å²) in [4.78, 5) is 15.7. The van der Waals surface area contributed by atoms with E-state index in [9.17, 15) is 4.79 Å². The molecule has 2 aliphatic rings. The van der Waals surface area contributed by atoms with Crippen molar-refractivity contribution in [3.8, 4) is 11.8 Å². The van der Waals surface area contributed by atoms with E-state index in [1.807, 2.05) is 0 Å². The minimum atomic E-state index is -0.0969. The van der Waals surface area contributed by atoms with Crippen LogP contribution in [0.5, 0.6) is 0 Å². The van der Waals surface area contributed by atoms with Crippen LogP contribution >= 0.6 is 12.6 Å². The Balaban J connectivity index is 1.70. The Kier molecular flexibility index (Phi) is 4.14. The zero-order chi connectivity index (χ0) is 11.4. The third-order valence-corrected chi connectivity index (χ3v) is 3.64. The van der Waals surface area contributed by atoms with Crippen molar-refractivity contribution in [2.24, 2.45) is 0 Å². The molecule has 1 atom stereocenters. The molecule has 3 nitrogen and oxygen atoms in total. The molecule has 2 saturated heterocycles. The van der Waals surface area contributed by atoms with Crippen LogP contribution in [0.15, 0.2) is 0 Å². The van der Waals surface area contributed by atoms with Crippen molar-refractivity contribution in [1.82, 2.24) is 9.80 Å². The number of rotatable bonds is 2. The Labute approximate surface area is 103 Å². The Bertz CT molecular complexity index is 315. The van der Waals surface area contributed by atoms with Gasteiger partial charge in [-0.25, -0.2) is 0 Å². The van der Waals surface area contributed by atoms with Gasteiger partial charge in [0.05, 0.1) is 18.3 Å². The molecule has 0 aromatic heterocycles. The zero-order valence-corrected chi connectivity index (χ0v) is 10.4. The maximum absolute atomic E-state index is 11.5. The molecule has 2 aliphatic heterocycles. The Morgan fingerprint density at radius 3 is 2.50 bits per heavy atom. The fourth-order valence-electron chi connectivity index (χ4n) is 2.14. The van der Waals surface area contributed by atoms with Gasteiger partial charge in [-0.05, 0) is 32.4 Å². The van der Waals surface area contributed by atoms with Gasteiger partial charge in [0.2, 0.25) is 5.91 Å². The molecule has 0 aromatic rings. The van der Waals surface area contributed by atoms with Crippen molar-refractivity contribution in [3.05, 3.63) is 0 Å². The van der Waals surface area contributed by atoms with Gasteiger partial charge in [0.25, 0.3) is 0 Å². The summed E-state index contributed by atoms with van der Waals surface area (Å²) in [5, 5.41) is -0.0969. The lowest BCUT2D eigenvalue weighted by atomic mass is 10.4. The van der Waals surface area contributed by atoms with Gasteiger partial charge in [-0.3, -0.25) is 9.69 Å². The van der Waals surface area contributed by atoms with E-state index < -0.39 is 0 Å². The van der Waals surface area contributed by atoms with E-state index in [0.717, 1.165) is 19.5 Å². The SMILES string of the molecule is O=C1[C@@H](S)CCN1CC#CCN1CCCC1. The highest BCUT2D eigenvalue weighted by atomic mass is 32.1. The lowest BCUT2D eigenvalue weighted by Crippen LogP contribution is -2.28. The van der Waals surface area contributed by atoms with Crippen LogP contribution in [0.4, 0.5) is 0 Å². The minimum Gasteiger partial charge on any atom is -0.331 e. The average molecular weight is 238 g/mol. The van der Waals surface area contributed by atoms with Gasteiger partial charge < -0.3 is 4.90 Å². The second kappa shape index (κ2) is 5.60. The second-order valence-electron chi connectivity index (χ2n) is 4.40. The lowest BCUT2D eigenvalue weighted by molar-refractivity contribution is -0.126. The molecule has 88 valence electrons. The highest BCUT2D eigenvalue weighted by Crippen LogP contribution is 2.15. The first-order chi connectivity index (χ1) is 7.77. The first kappa shape index (κ1) is 11.8. The second-order valence-corrected chi connectivity index (χ2v) is 5.02. The summed E-state index contributed by atoms with van der Waals surface area (Å²) in [6, 6.07) is 0. The first-order valence-corrected chi connectivity index (χ1v) is 6.44. The number of amides is 1. The Morgan fingerprint density at radius 1 is 1.19 bits per heavy atom. The fourth-order valence-corrected chi connectivity index (χ4v) is 2.42. The molecular formula is C12H18N2OS. The molecule has 0 aromatic carbocycles. The van der Waals surface area contributed by atoms with Gasteiger partial charge in [-0.1, -0.05) is 11.8 Å². The van der Waals surface area contributed by atoms with Crippen LogP contribution in [0, 0.1) is 11.8 Å². The van der Waals surface area contributed by atoms with E-state index in [1.54, 1.807) is 4.90 Å². The topological polar surface area (TPSA) is 23.6 Å². The van der Waals surface area contributed by atoms with E-state index in [-0.39, 0.29) is 11.2 Å². The van der Waals surface area contributed by atoms with Gasteiger partial charge in [0.15, 0.2) is 0 Å². The maximum atomic E-state index is 11.5. The third-order valence-electron chi connectivity index (χ3n) is 3.17. The largest absolute Gasteiger partial charge is 0.331 e. The summed E-state index contributed by atoms with van der Waals surface area (Å²) in [5.41, 5.74) is 0. The van der Waals surface area contributed by atoms with Crippen LogP contribution in [0.2, 0.25) is 0 Å². The summed E-state index contributed by atoms with van der Waals surface area (Å²) in [7, 11) is 0. The van der Waals surface area contributed by atoms with Crippen molar-refractivity contribution in [1.29, 1.82) is 0 Å². The van der Waals surface area contributed by atoms with E-state index in [0.29, 0.717) is 6.54 Å². The fraction of sp³-hybridized carbons (Fsp3) is 0.750. The molecule has 0 radical (unpaired) electrons. The van der Waals surface area contributed by atoms with Crippen LogP contribution in [-0.2, 0) is 4.79 Å². The predicted molar refractivity (Wildman–Crippen MR) is 67.4 cm³/mol. The van der Waals surface area contributed by atoms with Crippen LogP contribution < -0.4 is 0 Å². The van der Waals surface area contributed by atoms with Crippen molar-refractivity contribution >= 4 is 18.5 Å². The number of hydrogen-bond donors (Lipinski definition) is 1. The molecular weight excluding hydrogens is 220 g/mol. The molecule has 2 heterocycles. The van der Waals surface area contributed by atoms with E-state index in [1.165, 1.54) is 25.9 Å². The number of thiol groups is 1. The molecule has 2 fully saturated rings. The van der Waals surface area contributed by atoms with Crippen molar-refractivity contribution in [2.45, 2.75) is 24.5 Å². The molecule has 0 bridgehead atoms. The summed E-state index contributed by atoms with van der Waals surface area (Å²) >= 11 is 4.22. The third kappa shape index (κ3) is 2.93. The van der Waals surface area contributed by atoms with Crippen molar-refractivity contribution in [3.63, 3.8) is 0 Å². The van der Waals surface area contributed by atoms with Gasteiger partial charge in [-0.15, -0.1) is 0 Å².